The zero-order valence-corrected chi connectivity index (χ0v) is 25.3. The molecule has 47 heavy (non-hydrogen) atoms. The van der Waals surface area contributed by atoms with Crippen molar-refractivity contribution in [2.24, 2.45) is 0 Å². The van der Waals surface area contributed by atoms with E-state index in [2.05, 4.69) is 103 Å². The molecular weight excluding hydrogens is 574 g/mol. The predicted octanol–water partition coefficient (Wildman–Crippen LogP) is 11.3. The lowest BCUT2D eigenvalue weighted by Crippen LogP contribution is -2.00. The second kappa shape index (κ2) is 11.2. The highest BCUT2D eigenvalue weighted by atomic mass is 16.3. The predicted molar refractivity (Wildman–Crippen MR) is 192 cm³/mol. The van der Waals surface area contributed by atoms with Crippen molar-refractivity contribution in [3.05, 3.63) is 164 Å². The molecule has 0 aliphatic heterocycles. The van der Waals surface area contributed by atoms with Gasteiger partial charge in [-0.25, -0.2) is 15.0 Å². The van der Waals surface area contributed by atoms with Gasteiger partial charge in [-0.1, -0.05) is 140 Å². The molecule has 0 N–H and O–H groups in total. The van der Waals surface area contributed by atoms with E-state index >= 15 is 0 Å². The Morgan fingerprint density at radius 2 is 0.872 bits per heavy atom. The molecule has 4 nitrogen and oxygen atoms in total. The third-order valence-corrected chi connectivity index (χ3v) is 8.73. The fraction of sp³-hybridized carbons (Fsp3) is 0. The summed E-state index contributed by atoms with van der Waals surface area (Å²) in [5.41, 5.74) is 9.18. The lowest BCUT2D eigenvalue weighted by molar-refractivity contribution is 0.669. The maximum Gasteiger partial charge on any atom is 0.164 e. The quantitative estimate of drug-likeness (QED) is 0.197. The second-order valence-electron chi connectivity index (χ2n) is 11.7. The molecule has 0 amide bonds. The topological polar surface area (TPSA) is 51.8 Å². The molecule has 2 aromatic heterocycles. The van der Waals surface area contributed by atoms with Gasteiger partial charge >= 0.3 is 0 Å². The molecule has 0 aliphatic rings. The number of rotatable bonds is 5. The lowest BCUT2D eigenvalue weighted by Gasteiger charge is -2.10. The van der Waals surface area contributed by atoms with Crippen LogP contribution in [0.2, 0.25) is 0 Å². The Morgan fingerprint density at radius 3 is 1.62 bits per heavy atom. The average Bonchev–Trinajstić information content (AvgIpc) is 3.54. The summed E-state index contributed by atoms with van der Waals surface area (Å²) in [6.45, 7) is 0. The molecule has 7 aromatic carbocycles. The number of para-hydroxylation sites is 1. The molecule has 4 heteroatoms. The highest BCUT2D eigenvalue weighted by Crippen LogP contribution is 2.37. The minimum Gasteiger partial charge on any atom is -0.456 e. The number of hydrogen-bond acceptors (Lipinski definition) is 4. The number of hydrogen-bond donors (Lipinski definition) is 0. The fourth-order valence-electron chi connectivity index (χ4n) is 6.36. The Kier molecular flexibility index (Phi) is 6.43. The third kappa shape index (κ3) is 4.93. The summed E-state index contributed by atoms with van der Waals surface area (Å²) in [7, 11) is 0. The van der Waals surface area contributed by atoms with E-state index in [0.717, 1.165) is 55.1 Å². The zero-order valence-electron chi connectivity index (χ0n) is 25.3. The van der Waals surface area contributed by atoms with Crippen molar-refractivity contribution in [1.29, 1.82) is 0 Å². The molecule has 9 rings (SSSR count). The molecule has 0 fully saturated rings. The van der Waals surface area contributed by atoms with E-state index in [-0.39, 0.29) is 0 Å². The van der Waals surface area contributed by atoms with E-state index in [1.807, 2.05) is 60.7 Å². The Hall–Kier alpha value is -6.39. The molecule has 0 saturated carbocycles. The van der Waals surface area contributed by atoms with Crippen LogP contribution in [-0.2, 0) is 0 Å². The first-order chi connectivity index (χ1) is 23.3. The molecule has 0 atom stereocenters. The van der Waals surface area contributed by atoms with Gasteiger partial charge in [0.05, 0.1) is 0 Å². The van der Waals surface area contributed by atoms with Crippen molar-refractivity contribution >= 4 is 32.7 Å². The highest BCUT2D eigenvalue weighted by molar-refractivity contribution is 6.12. The van der Waals surface area contributed by atoms with Crippen LogP contribution in [0.25, 0.3) is 89.1 Å². The number of aromatic nitrogens is 3. The molecule has 0 spiro atoms. The Labute approximate surface area is 271 Å². The van der Waals surface area contributed by atoms with Crippen LogP contribution in [-0.4, -0.2) is 15.0 Å². The third-order valence-electron chi connectivity index (χ3n) is 8.73. The van der Waals surface area contributed by atoms with Crippen molar-refractivity contribution in [2.75, 3.05) is 0 Å². The van der Waals surface area contributed by atoms with Crippen LogP contribution in [0, 0.1) is 0 Å². The SMILES string of the molecule is c1ccc(-c2ccc3ccc(-c4nc(-c5ccccc5)nc(-c5ccc(-c6cccc7oc8ccccc8c67)cc5)n4)cc3c2)cc1. The first kappa shape index (κ1) is 27.0. The molecule has 0 aliphatic carbocycles. The molecular formula is C43H27N3O. The normalized spacial score (nSPS) is 11.4. The summed E-state index contributed by atoms with van der Waals surface area (Å²) < 4.78 is 6.15. The number of fused-ring (bicyclic) bond motifs is 4. The van der Waals surface area contributed by atoms with Gasteiger partial charge in [-0.2, -0.15) is 0 Å². The van der Waals surface area contributed by atoms with Crippen LogP contribution in [0.15, 0.2) is 168 Å². The maximum atomic E-state index is 6.15. The van der Waals surface area contributed by atoms with Gasteiger partial charge in [-0.3, -0.25) is 0 Å². The average molecular weight is 602 g/mol. The minimum atomic E-state index is 0.630. The van der Waals surface area contributed by atoms with Crippen LogP contribution in [0.4, 0.5) is 0 Å². The van der Waals surface area contributed by atoms with Gasteiger partial charge in [0, 0.05) is 27.5 Å². The summed E-state index contributed by atoms with van der Waals surface area (Å²) >= 11 is 0. The summed E-state index contributed by atoms with van der Waals surface area (Å²) in [6, 6.07) is 56.4. The van der Waals surface area contributed by atoms with Crippen molar-refractivity contribution < 1.29 is 4.42 Å². The Morgan fingerprint density at radius 1 is 0.340 bits per heavy atom. The summed E-state index contributed by atoms with van der Waals surface area (Å²) in [5, 5.41) is 4.54. The van der Waals surface area contributed by atoms with E-state index in [9.17, 15) is 0 Å². The Balaban J connectivity index is 1.15. The van der Waals surface area contributed by atoms with Crippen molar-refractivity contribution in [2.45, 2.75) is 0 Å². The van der Waals surface area contributed by atoms with Crippen molar-refractivity contribution in [1.82, 2.24) is 15.0 Å². The van der Waals surface area contributed by atoms with Gasteiger partial charge in [0.2, 0.25) is 0 Å². The van der Waals surface area contributed by atoms with Gasteiger partial charge in [-0.15, -0.1) is 0 Å². The number of furan rings is 1. The maximum absolute atomic E-state index is 6.15. The molecule has 9 aromatic rings. The molecule has 2 heterocycles. The summed E-state index contributed by atoms with van der Waals surface area (Å²) in [6.07, 6.45) is 0. The summed E-state index contributed by atoms with van der Waals surface area (Å²) in [5.74, 6) is 1.91. The van der Waals surface area contributed by atoms with Crippen LogP contribution < -0.4 is 0 Å². The van der Waals surface area contributed by atoms with E-state index in [1.54, 1.807) is 0 Å². The van der Waals surface area contributed by atoms with Crippen LogP contribution >= 0.6 is 0 Å². The largest absolute Gasteiger partial charge is 0.456 e. The monoisotopic (exact) mass is 601 g/mol. The molecule has 0 saturated heterocycles. The molecule has 0 radical (unpaired) electrons. The first-order valence-corrected chi connectivity index (χ1v) is 15.7. The fourth-order valence-corrected chi connectivity index (χ4v) is 6.36. The van der Waals surface area contributed by atoms with Crippen molar-refractivity contribution in [3.63, 3.8) is 0 Å². The minimum absolute atomic E-state index is 0.630. The van der Waals surface area contributed by atoms with Gasteiger partial charge in [-0.05, 0) is 57.3 Å². The zero-order chi connectivity index (χ0) is 31.2. The molecule has 220 valence electrons. The van der Waals surface area contributed by atoms with Gasteiger partial charge in [0.25, 0.3) is 0 Å². The van der Waals surface area contributed by atoms with Gasteiger partial charge in [0.15, 0.2) is 17.5 Å². The van der Waals surface area contributed by atoms with Crippen LogP contribution in [0.5, 0.6) is 0 Å². The molecule has 0 unspecified atom stereocenters. The molecule has 0 bridgehead atoms. The van der Waals surface area contributed by atoms with E-state index in [1.165, 1.54) is 16.5 Å². The van der Waals surface area contributed by atoms with E-state index in [4.69, 9.17) is 19.4 Å². The lowest BCUT2D eigenvalue weighted by atomic mass is 9.98. The number of benzene rings is 7. The van der Waals surface area contributed by atoms with Gasteiger partial charge in [0.1, 0.15) is 11.2 Å². The highest BCUT2D eigenvalue weighted by Gasteiger charge is 2.15. The van der Waals surface area contributed by atoms with E-state index < -0.39 is 0 Å². The standard InChI is InChI=1S/C43H27N3O/c1-3-10-28(11-4-1)33-24-18-29-19-25-34(27-35(29)26-33)43-45-41(31-12-5-2-6-13-31)44-42(46-43)32-22-20-30(21-23-32)36-15-9-17-39-40(36)37-14-7-8-16-38(37)47-39/h1-27H. The van der Waals surface area contributed by atoms with Crippen LogP contribution in [0.1, 0.15) is 0 Å². The number of nitrogens with zero attached hydrogens (tertiary/aromatic N) is 3. The second-order valence-corrected chi connectivity index (χ2v) is 11.7. The summed E-state index contributed by atoms with van der Waals surface area (Å²) in [4.78, 5) is 15.0. The van der Waals surface area contributed by atoms with E-state index in [0.29, 0.717) is 17.5 Å². The van der Waals surface area contributed by atoms with Crippen LogP contribution in [0.3, 0.4) is 0 Å². The Bertz CT molecular complexity index is 2550. The first-order valence-electron chi connectivity index (χ1n) is 15.7. The smallest absolute Gasteiger partial charge is 0.164 e. The van der Waals surface area contributed by atoms with Gasteiger partial charge < -0.3 is 4.42 Å². The van der Waals surface area contributed by atoms with Crippen molar-refractivity contribution in [3.8, 4) is 56.4 Å².